The molecule has 0 saturated carbocycles. The first-order valence-corrected chi connectivity index (χ1v) is 9.24. The summed E-state index contributed by atoms with van der Waals surface area (Å²) in [6.07, 6.45) is 0.815. The first-order chi connectivity index (χ1) is 8.49. The molecule has 0 radical (unpaired) electrons. The molecule has 0 spiro atoms. The number of thiophene rings is 1. The second kappa shape index (κ2) is 7.49. The van der Waals surface area contributed by atoms with Crippen molar-refractivity contribution in [3.63, 3.8) is 0 Å². The summed E-state index contributed by atoms with van der Waals surface area (Å²) in [6, 6.07) is 3.09. The van der Waals surface area contributed by atoms with Crippen molar-refractivity contribution in [2.75, 3.05) is 11.5 Å². The van der Waals surface area contributed by atoms with Crippen LogP contribution in [0.5, 0.6) is 0 Å². The number of hydrogen-bond donors (Lipinski definition) is 2. The van der Waals surface area contributed by atoms with Gasteiger partial charge in [0.2, 0.25) is 10.0 Å². The van der Waals surface area contributed by atoms with Crippen LogP contribution in [-0.2, 0) is 16.6 Å². The maximum atomic E-state index is 12.0. The molecule has 104 valence electrons. The van der Waals surface area contributed by atoms with Gasteiger partial charge in [-0.25, -0.2) is 13.1 Å². The molecule has 0 saturated heterocycles. The Balaban J connectivity index is 2.58. The summed E-state index contributed by atoms with van der Waals surface area (Å²) >= 11 is 2.91. The van der Waals surface area contributed by atoms with E-state index < -0.39 is 10.0 Å². The molecule has 0 aliphatic carbocycles. The topological polar surface area (TPSA) is 66.4 Å². The number of nitrogens with one attached hydrogen (secondary N) is 1. The van der Waals surface area contributed by atoms with E-state index in [-0.39, 0.29) is 16.9 Å². The molecule has 1 unspecified atom stereocenters. The molecule has 2 N–H and O–H groups in total. The fourth-order valence-corrected chi connectivity index (χ4v) is 4.69. The van der Waals surface area contributed by atoms with E-state index in [4.69, 9.17) is 5.11 Å². The standard InChI is InChI=1S/C11H19NO3S3/c1-3-16-7-6-9(2)12-18(14,15)11-5-4-10(8-13)17-11/h4-5,9,12-13H,3,6-8H2,1-2H3. The predicted octanol–water partition coefficient (Wildman–Crippen LogP) is 2.05. The van der Waals surface area contributed by atoms with Crippen LogP contribution in [0.1, 0.15) is 25.1 Å². The third-order valence-corrected chi connectivity index (χ3v) is 6.40. The number of sulfonamides is 1. The van der Waals surface area contributed by atoms with E-state index in [1.165, 1.54) is 6.07 Å². The Morgan fingerprint density at radius 2 is 2.22 bits per heavy atom. The van der Waals surface area contributed by atoms with Crippen LogP contribution in [0.3, 0.4) is 0 Å². The zero-order chi connectivity index (χ0) is 13.6. The number of thioether (sulfide) groups is 1. The van der Waals surface area contributed by atoms with Gasteiger partial charge in [-0.2, -0.15) is 11.8 Å². The van der Waals surface area contributed by atoms with Gasteiger partial charge in [-0.3, -0.25) is 0 Å². The van der Waals surface area contributed by atoms with Gasteiger partial charge in [-0.15, -0.1) is 11.3 Å². The van der Waals surface area contributed by atoms with Gasteiger partial charge in [0, 0.05) is 10.9 Å². The Morgan fingerprint density at radius 3 is 2.78 bits per heavy atom. The highest BCUT2D eigenvalue weighted by Gasteiger charge is 2.19. The van der Waals surface area contributed by atoms with Gasteiger partial charge in [0.15, 0.2) is 0 Å². The van der Waals surface area contributed by atoms with E-state index in [1.54, 1.807) is 17.8 Å². The molecule has 0 fully saturated rings. The van der Waals surface area contributed by atoms with E-state index in [2.05, 4.69) is 11.6 Å². The monoisotopic (exact) mass is 309 g/mol. The van der Waals surface area contributed by atoms with Crippen LogP contribution < -0.4 is 4.72 Å². The number of aliphatic hydroxyl groups is 1. The molecule has 7 heteroatoms. The van der Waals surface area contributed by atoms with Crippen LogP contribution in [0.25, 0.3) is 0 Å². The van der Waals surface area contributed by atoms with Gasteiger partial charge in [-0.05, 0) is 37.0 Å². The lowest BCUT2D eigenvalue weighted by atomic mass is 10.3. The fourth-order valence-electron chi connectivity index (χ4n) is 1.37. The lowest BCUT2D eigenvalue weighted by molar-refractivity contribution is 0.285. The van der Waals surface area contributed by atoms with Gasteiger partial charge in [0.1, 0.15) is 4.21 Å². The summed E-state index contributed by atoms with van der Waals surface area (Å²) < 4.78 is 27.0. The van der Waals surface area contributed by atoms with Gasteiger partial charge in [0.25, 0.3) is 0 Å². The quantitative estimate of drug-likeness (QED) is 0.721. The second-order valence-corrected chi connectivity index (χ2v) is 8.39. The van der Waals surface area contributed by atoms with Gasteiger partial charge in [0.05, 0.1) is 6.61 Å². The van der Waals surface area contributed by atoms with Crippen LogP contribution in [0.2, 0.25) is 0 Å². The van der Waals surface area contributed by atoms with Crippen molar-refractivity contribution >= 4 is 33.1 Å². The molecular formula is C11H19NO3S3. The highest BCUT2D eigenvalue weighted by Crippen LogP contribution is 2.21. The predicted molar refractivity (Wildman–Crippen MR) is 77.6 cm³/mol. The maximum absolute atomic E-state index is 12.0. The molecule has 0 bridgehead atoms. The SMILES string of the molecule is CCSCCC(C)NS(=O)(=O)c1ccc(CO)s1. The summed E-state index contributed by atoms with van der Waals surface area (Å²) in [5.74, 6) is 2.00. The molecule has 1 aromatic heterocycles. The third-order valence-electron chi connectivity index (χ3n) is 2.31. The number of aliphatic hydroxyl groups excluding tert-OH is 1. The van der Waals surface area contributed by atoms with Crippen molar-refractivity contribution in [2.24, 2.45) is 0 Å². The average Bonchev–Trinajstić information content (AvgIpc) is 2.78. The van der Waals surface area contributed by atoms with Gasteiger partial charge in [-0.1, -0.05) is 6.92 Å². The minimum Gasteiger partial charge on any atom is -0.391 e. The normalized spacial score (nSPS) is 13.7. The Labute approximate surface area is 117 Å². The number of rotatable bonds is 8. The summed E-state index contributed by atoms with van der Waals surface area (Å²) in [6.45, 7) is 3.83. The summed E-state index contributed by atoms with van der Waals surface area (Å²) in [5.41, 5.74) is 0. The number of hydrogen-bond acceptors (Lipinski definition) is 5. The second-order valence-electron chi connectivity index (χ2n) is 3.89. The van der Waals surface area contributed by atoms with E-state index in [9.17, 15) is 8.42 Å². The highest BCUT2D eigenvalue weighted by atomic mass is 32.2. The van der Waals surface area contributed by atoms with Crippen LogP contribution in [-0.4, -0.2) is 31.1 Å². The van der Waals surface area contributed by atoms with Crippen molar-refractivity contribution in [1.82, 2.24) is 4.72 Å². The average molecular weight is 309 g/mol. The van der Waals surface area contributed by atoms with Crippen molar-refractivity contribution in [2.45, 2.75) is 37.1 Å². The first-order valence-electron chi connectivity index (χ1n) is 5.79. The Hall–Kier alpha value is -0.0800. The van der Waals surface area contributed by atoms with Gasteiger partial charge >= 0.3 is 0 Å². The largest absolute Gasteiger partial charge is 0.391 e. The molecule has 4 nitrogen and oxygen atoms in total. The third kappa shape index (κ3) is 4.89. The minimum absolute atomic E-state index is 0.0753. The molecule has 1 rings (SSSR count). The van der Waals surface area contributed by atoms with Crippen LogP contribution in [0.4, 0.5) is 0 Å². The molecule has 0 amide bonds. The van der Waals surface area contributed by atoms with Crippen LogP contribution in [0, 0.1) is 0 Å². The summed E-state index contributed by atoms with van der Waals surface area (Å²) in [4.78, 5) is 0.657. The van der Waals surface area contributed by atoms with Crippen molar-refractivity contribution in [3.8, 4) is 0 Å². The first kappa shape index (κ1) is 16.0. The Morgan fingerprint density at radius 1 is 1.50 bits per heavy atom. The van der Waals surface area contributed by atoms with Crippen molar-refractivity contribution in [3.05, 3.63) is 17.0 Å². The highest BCUT2D eigenvalue weighted by molar-refractivity contribution is 7.99. The van der Waals surface area contributed by atoms with Crippen LogP contribution in [0.15, 0.2) is 16.3 Å². The zero-order valence-corrected chi connectivity index (χ0v) is 13.0. The van der Waals surface area contributed by atoms with Crippen molar-refractivity contribution in [1.29, 1.82) is 0 Å². The lowest BCUT2D eigenvalue weighted by Crippen LogP contribution is -2.32. The smallest absolute Gasteiger partial charge is 0.250 e. The Bertz CT molecular complexity index is 456. The molecular weight excluding hydrogens is 290 g/mol. The van der Waals surface area contributed by atoms with E-state index >= 15 is 0 Å². The van der Waals surface area contributed by atoms with E-state index in [1.807, 2.05) is 6.92 Å². The fraction of sp³-hybridized carbons (Fsp3) is 0.636. The lowest BCUT2D eigenvalue weighted by Gasteiger charge is -2.12. The Kier molecular flexibility index (Phi) is 6.65. The minimum atomic E-state index is -3.44. The molecule has 0 aliphatic heterocycles. The zero-order valence-electron chi connectivity index (χ0n) is 10.5. The summed E-state index contributed by atoms with van der Waals surface area (Å²) in [5, 5.41) is 8.93. The summed E-state index contributed by atoms with van der Waals surface area (Å²) in [7, 11) is -3.44. The molecule has 0 aliphatic rings. The molecule has 1 heterocycles. The molecule has 0 aromatic carbocycles. The van der Waals surface area contributed by atoms with Gasteiger partial charge < -0.3 is 5.11 Å². The maximum Gasteiger partial charge on any atom is 0.250 e. The van der Waals surface area contributed by atoms with Crippen LogP contribution >= 0.6 is 23.1 Å². The van der Waals surface area contributed by atoms with Crippen molar-refractivity contribution < 1.29 is 13.5 Å². The van der Waals surface area contributed by atoms with E-state index in [0.717, 1.165) is 29.3 Å². The molecule has 1 aromatic rings. The molecule has 1 atom stereocenters. The molecule has 18 heavy (non-hydrogen) atoms. The van der Waals surface area contributed by atoms with E-state index in [0.29, 0.717) is 4.88 Å².